The van der Waals surface area contributed by atoms with Crippen LogP contribution in [0.25, 0.3) is 11.1 Å². The van der Waals surface area contributed by atoms with Gasteiger partial charge in [-0.1, -0.05) is 90.7 Å². The van der Waals surface area contributed by atoms with Gasteiger partial charge in [0, 0.05) is 16.5 Å². The van der Waals surface area contributed by atoms with Crippen LogP contribution in [0, 0.1) is 11.8 Å². The molecular formula is C28H20. The maximum atomic E-state index is 3.28. The molecule has 28 heavy (non-hydrogen) atoms. The van der Waals surface area contributed by atoms with Crippen LogP contribution in [0.5, 0.6) is 0 Å². The Labute approximate surface area is 166 Å². The van der Waals surface area contributed by atoms with E-state index in [1.54, 1.807) is 0 Å². The largest absolute Gasteiger partial charge is 0.0622 e. The summed E-state index contributed by atoms with van der Waals surface area (Å²) in [6, 6.07) is 36.4. The van der Waals surface area contributed by atoms with Crippen LogP contribution in [0.2, 0.25) is 0 Å². The molecular weight excluding hydrogens is 336 g/mol. The lowest BCUT2D eigenvalue weighted by Crippen LogP contribution is -2.22. The lowest BCUT2D eigenvalue weighted by Gasteiger charge is -2.28. The van der Waals surface area contributed by atoms with Crippen molar-refractivity contribution < 1.29 is 0 Å². The van der Waals surface area contributed by atoms with Crippen molar-refractivity contribution in [2.24, 2.45) is 0 Å². The summed E-state index contributed by atoms with van der Waals surface area (Å²) in [4.78, 5) is 0. The maximum Gasteiger partial charge on any atom is 0.0435 e. The fourth-order valence-corrected chi connectivity index (χ4v) is 4.32. The quantitative estimate of drug-likeness (QED) is 0.345. The van der Waals surface area contributed by atoms with Crippen LogP contribution in [0.1, 0.15) is 34.7 Å². The fraction of sp³-hybridized carbons (Fsp3) is 0.0714. The molecule has 0 nitrogen and oxygen atoms in total. The molecule has 0 saturated carbocycles. The van der Waals surface area contributed by atoms with Crippen molar-refractivity contribution in [3.63, 3.8) is 0 Å². The van der Waals surface area contributed by atoms with E-state index < -0.39 is 0 Å². The van der Waals surface area contributed by atoms with Gasteiger partial charge in [-0.05, 0) is 59.0 Å². The molecule has 0 unspecified atom stereocenters. The van der Waals surface area contributed by atoms with Gasteiger partial charge in [0.25, 0.3) is 0 Å². The highest BCUT2D eigenvalue weighted by atomic mass is 14.4. The highest BCUT2D eigenvalue weighted by Crippen LogP contribution is 2.51. The molecule has 5 rings (SSSR count). The predicted octanol–water partition coefficient (Wildman–Crippen LogP) is 6.42. The number of benzene rings is 4. The third-order valence-corrected chi connectivity index (χ3v) is 5.81. The lowest BCUT2D eigenvalue weighted by atomic mass is 9.74. The molecule has 0 atom stereocenters. The summed E-state index contributed by atoms with van der Waals surface area (Å²) in [5, 5.41) is 0. The topological polar surface area (TPSA) is 0 Å². The average molecular weight is 356 g/mol. The summed E-state index contributed by atoms with van der Waals surface area (Å²) in [7, 11) is 0. The fourth-order valence-electron chi connectivity index (χ4n) is 4.32. The zero-order chi connectivity index (χ0) is 19.0. The molecule has 132 valence electrons. The van der Waals surface area contributed by atoms with Crippen molar-refractivity contribution in [3.8, 4) is 23.0 Å². The first kappa shape index (κ1) is 16.6. The Balaban J connectivity index is 1.57. The molecule has 0 spiro atoms. The van der Waals surface area contributed by atoms with Gasteiger partial charge in [-0.15, -0.1) is 0 Å². The minimum atomic E-state index is -0.140. The molecule has 4 aromatic rings. The molecule has 0 saturated heterocycles. The molecule has 0 fully saturated rings. The van der Waals surface area contributed by atoms with E-state index in [4.69, 9.17) is 0 Å². The number of rotatable bonds is 1. The van der Waals surface area contributed by atoms with Crippen molar-refractivity contribution in [2.75, 3.05) is 0 Å². The number of hydrogen-bond donors (Lipinski definition) is 0. The Hall–Kier alpha value is -3.56. The molecule has 0 heterocycles. The van der Waals surface area contributed by atoms with Crippen LogP contribution in [-0.4, -0.2) is 0 Å². The van der Waals surface area contributed by atoms with Crippen molar-refractivity contribution in [3.05, 3.63) is 131 Å². The van der Waals surface area contributed by atoms with Crippen molar-refractivity contribution in [2.45, 2.75) is 12.3 Å². The Bertz CT molecular complexity index is 1160. The smallest absolute Gasteiger partial charge is 0.0435 e. The Kier molecular flexibility index (Phi) is 3.89. The summed E-state index contributed by atoms with van der Waals surface area (Å²) in [5.74, 6) is 6.52. The first-order valence-electron chi connectivity index (χ1n) is 9.64. The molecule has 0 aromatic heterocycles. The van der Waals surface area contributed by atoms with E-state index in [0.29, 0.717) is 0 Å². The summed E-state index contributed by atoms with van der Waals surface area (Å²) in [6.45, 7) is 2.34. The van der Waals surface area contributed by atoms with E-state index in [9.17, 15) is 0 Å². The molecule has 4 aromatic carbocycles. The SMILES string of the molecule is CC1(c2ccc(C#Cc3ccccc3)cc2)c2ccccc2-c2ccccc21. The third kappa shape index (κ3) is 2.56. The summed E-state index contributed by atoms with van der Waals surface area (Å²) >= 11 is 0. The van der Waals surface area contributed by atoms with E-state index >= 15 is 0 Å². The van der Waals surface area contributed by atoms with Gasteiger partial charge in [0.2, 0.25) is 0 Å². The van der Waals surface area contributed by atoms with Gasteiger partial charge in [0.15, 0.2) is 0 Å². The van der Waals surface area contributed by atoms with E-state index in [2.05, 4.69) is 91.6 Å². The Morgan fingerprint density at radius 2 is 0.964 bits per heavy atom. The molecule has 0 N–H and O–H groups in total. The monoisotopic (exact) mass is 356 g/mol. The molecule has 1 aliphatic carbocycles. The van der Waals surface area contributed by atoms with Gasteiger partial charge < -0.3 is 0 Å². The average Bonchev–Trinajstić information content (AvgIpc) is 3.04. The second-order valence-electron chi connectivity index (χ2n) is 7.41. The van der Waals surface area contributed by atoms with Crippen LogP contribution in [0.3, 0.4) is 0 Å². The highest BCUT2D eigenvalue weighted by molar-refractivity contribution is 5.83. The highest BCUT2D eigenvalue weighted by Gasteiger charge is 2.40. The summed E-state index contributed by atoms with van der Waals surface area (Å²) in [6.07, 6.45) is 0. The van der Waals surface area contributed by atoms with E-state index in [0.717, 1.165) is 11.1 Å². The van der Waals surface area contributed by atoms with Crippen LogP contribution in [0.15, 0.2) is 103 Å². The number of hydrogen-bond acceptors (Lipinski definition) is 0. The number of fused-ring (bicyclic) bond motifs is 3. The second kappa shape index (κ2) is 6.55. The Morgan fingerprint density at radius 3 is 1.54 bits per heavy atom. The predicted molar refractivity (Wildman–Crippen MR) is 116 cm³/mol. The maximum absolute atomic E-state index is 3.28. The van der Waals surface area contributed by atoms with Crippen LogP contribution >= 0.6 is 0 Å². The molecule has 0 aliphatic heterocycles. The Morgan fingerprint density at radius 1 is 0.500 bits per heavy atom. The van der Waals surface area contributed by atoms with E-state index in [1.165, 1.54) is 27.8 Å². The van der Waals surface area contributed by atoms with Crippen LogP contribution in [-0.2, 0) is 5.41 Å². The summed E-state index contributed by atoms with van der Waals surface area (Å²) in [5.41, 5.74) is 8.67. The van der Waals surface area contributed by atoms with Gasteiger partial charge in [0.05, 0.1) is 0 Å². The molecule has 0 amide bonds. The van der Waals surface area contributed by atoms with Crippen LogP contribution in [0.4, 0.5) is 0 Å². The van der Waals surface area contributed by atoms with Crippen molar-refractivity contribution in [1.82, 2.24) is 0 Å². The van der Waals surface area contributed by atoms with Crippen molar-refractivity contribution in [1.29, 1.82) is 0 Å². The van der Waals surface area contributed by atoms with Gasteiger partial charge in [-0.3, -0.25) is 0 Å². The van der Waals surface area contributed by atoms with Gasteiger partial charge in [-0.25, -0.2) is 0 Å². The van der Waals surface area contributed by atoms with Crippen molar-refractivity contribution >= 4 is 0 Å². The van der Waals surface area contributed by atoms with Crippen LogP contribution < -0.4 is 0 Å². The van der Waals surface area contributed by atoms with Gasteiger partial charge >= 0.3 is 0 Å². The lowest BCUT2D eigenvalue weighted by molar-refractivity contribution is 0.714. The zero-order valence-corrected chi connectivity index (χ0v) is 15.8. The van der Waals surface area contributed by atoms with Gasteiger partial charge in [0.1, 0.15) is 0 Å². The minimum Gasteiger partial charge on any atom is -0.0622 e. The zero-order valence-electron chi connectivity index (χ0n) is 15.8. The first-order chi connectivity index (χ1) is 13.8. The first-order valence-corrected chi connectivity index (χ1v) is 9.64. The third-order valence-electron chi connectivity index (χ3n) is 5.81. The standard InChI is InChI=1S/C28H20/c1-28(26-13-7-5-11-24(26)25-12-6-8-14-27(25)28)23-19-17-22(18-20-23)16-15-21-9-3-2-4-10-21/h2-14,17-20H,1H3. The summed E-state index contributed by atoms with van der Waals surface area (Å²) < 4.78 is 0. The molecule has 0 bridgehead atoms. The molecule has 1 aliphatic rings. The van der Waals surface area contributed by atoms with Gasteiger partial charge in [-0.2, -0.15) is 0 Å². The minimum absolute atomic E-state index is 0.140. The normalized spacial score (nSPS) is 13.2. The van der Waals surface area contributed by atoms with E-state index in [-0.39, 0.29) is 5.41 Å². The second-order valence-corrected chi connectivity index (χ2v) is 7.41. The molecule has 0 heteroatoms. The van der Waals surface area contributed by atoms with E-state index in [1.807, 2.05) is 30.3 Å². The molecule has 0 radical (unpaired) electrons.